The van der Waals surface area contributed by atoms with Crippen molar-refractivity contribution in [3.63, 3.8) is 0 Å². The molecule has 1 rings (SSSR count). The Kier molecular flexibility index (Phi) is 5.21. The van der Waals surface area contributed by atoms with Crippen LogP contribution in [0.3, 0.4) is 0 Å². The molecule has 0 unspecified atom stereocenters. The summed E-state index contributed by atoms with van der Waals surface area (Å²) < 4.78 is 59.7. The molecular formula is C12H15F3N2O3S. The van der Waals surface area contributed by atoms with Gasteiger partial charge in [0, 0.05) is 24.1 Å². The molecule has 21 heavy (non-hydrogen) atoms. The highest BCUT2D eigenvalue weighted by Gasteiger charge is 2.33. The Labute approximate surface area is 120 Å². The second-order valence-electron chi connectivity index (χ2n) is 4.54. The summed E-state index contributed by atoms with van der Waals surface area (Å²) in [6.07, 6.45) is -3.40. The zero-order valence-corrected chi connectivity index (χ0v) is 12.0. The Hall–Kier alpha value is -1.77. The van der Waals surface area contributed by atoms with Crippen LogP contribution in [-0.4, -0.2) is 32.9 Å². The summed E-state index contributed by atoms with van der Waals surface area (Å²) in [6.45, 7) is 0.0532. The van der Waals surface area contributed by atoms with E-state index in [1.54, 1.807) is 0 Å². The number of nitrogens with two attached hydrogens (primary N) is 1. The van der Waals surface area contributed by atoms with E-state index >= 15 is 0 Å². The molecular weight excluding hydrogens is 309 g/mol. The average Bonchev–Trinajstić information content (AvgIpc) is 2.32. The van der Waals surface area contributed by atoms with Crippen LogP contribution in [0.25, 0.3) is 0 Å². The monoisotopic (exact) mass is 324 g/mol. The quantitative estimate of drug-likeness (QED) is 0.634. The van der Waals surface area contributed by atoms with Gasteiger partial charge in [0.05, 0.1) is 11.3 Å². The van der Waals surface area contributed by atoms with Crippen LogP contribution in [0.2, 0.25) is 0 Å². The molecule has 1 aromatic carbocycles. The van der Waals surface area contributed by atoms with E-state index < -0.39 is 33.2 Å². The molecule has 9 heteroatoms. The van der Waals surface area contributed by atoms with Crippen LogP contribution < -0.4 is 11.1 Å². The minimum absolute atomic E-state index is 0.0532. The minimum atomic E-state index is -4.64. The van der Waals surface area contributed by atoms with Gasteiger partial charge in [-0.05, 0) is 24.6 Å². The van der Waals surface area contributed by atoms with Crippen molar-refractivity contribution in [2.45, 2.75) is 12.6 Å². The smallest absolute Gasteiger partial charge is 0.398 e. The lowest BCUT2D eigenvalue weighted by Crippen LogP contribution is -2.26. The third-order valence-electron chi connectivity index (χ3n) is 2.60. The zero-order valence-electron chi connectivity index (χ0n) is 11.2. The van der Waals surface area contributed by atoms with Crippen LogP contribution in [0, 0.1) is 0 Å². The molecule has 0 atom stereocenters. The van der Waals surface area contributed by atoms with Crippen LogP contribution in [-0.2, 0) is 16.0 Å². The van der Waals surface area contributed by atoms with Gasteiger partial charge >= 0.3 is 6.18 Å². The largest absolute Gasteiger partial charge is 0.418 e. The van der Waals surface area contributed by atoms with Crippen LogP contribution in [0.1, 0.15) is 22.3 Å². The number of anilines is 1. The van der Waals surface area contributed by atoms with Gasteiger partial charge in [-0.3, -0.25) is 4.79 Å². The maximum Gasteiger partial charge on any atom is 0.418 e. The lowest BCUT2D eigenvalue weighted by molar-refractivity contribution is -0.136. The fourth-order valence-electron chi connectivity index (χ4n) is 1.58. The third kappa shape index (κ3) is 5.62. The summed E-state index contributed by atoms with van der Waals surface area (Å²) in [5.41, 5.74) is 3.50. The highest BCUT2D eigenvalue weighted by Crippen LogP contribution is 2.33. The molecule has 0 heterocycles. The Morgan fingerprint density at radius 2 is 1.95 bits per heavy atom. The average molecular weight is 324 g/mol. The molecule has 0 radical (unpaired) electrons. The van der Waals surface area contributed by atoms with Gasteiger partial charge in [-0.1, -0.05) is 0 Å². The Morgan fingerprint density at radius 1 is 1.33 bits per heavy atom. The van der Waals surface area contributed by atoms with Crippen molar-refractivity contribution in [1.82, 2.24) is 5.32 Å². The number of alkyl halides is 3. The van der Waals surface area contributed by atoms with Crippen molar-refractivity contribution in [2.75, 3.05) is 24.3 Å². The van der Waals surface area contributed by atoms with Crippen molar-refractivity contribution in [3.8, 4) is 0 Å². The molecule has 0 fully saturated rings. The second-order valence-corrected chi connectivity index (χ2v) is 6.80. The van der Waals surface area contributed by atoms with Gasteiger partial charge < -0.3 is 11.1 Å². The maximum absolute atomic E-state index is 12.7. The number of nitrogens with one attached hydrogen (secondary N) is 1. The van der Waals surface area contributed by atoms with E-state index in [1.165, 1.54) is 6.07 Å². The number of amides is 1. The molecule has 3 N–H and O–H groups in total. The van der Waals surface area contributed by atoms with Crippen molar-refractivity contribution in [1.29, 1.82) is 0 Å². The Bertz CT molecular complexity index is 627. The molecule has 5 nitrogen and oxygen atoms in total. The summed E-state index contributed by atoms with van der Waals surface area (Å²) in [5.74, 6) is -0.822. The van der Waals surface area contributed by atoms with Crippen LogP contribution in [0.15, 0.2) is 18.2 Å². The molecule has 0 saturated heterocycles. The number of rotatable bonds is 5. The van der Waals surface area contributed by atoms with Crippen molar-refractivity contribution >= 4 is 21.4 Å². The molecule has 0 saturated carbocycles. The summed E-state index contributed by atoms with van der Waals surface area (Å²) >= 11 is 0. The van der Waals surface area contributed by atoms with E-state index in [0.29, 0.717) is 6.07 Å². The molecule has 0 aromatic heterocycles. The van der Waals surface area contributed by atoms with Gasteiger partial charge in [0.1, 0.15) is 9.84 Å². The minimum Gasteiger partial charge on any atom is -0.398 e. The number of hydrogen-bond donors (Lipinski definition) is 2. The van der Waals surface area contributed by atoms with E-state index in [-0.39, 0.29) is 24.3 Å². The first-order chi connectivity index (χ1) is 9.50. The number of hydrogen-bond acceptors (Lipinski definition) is 4. The second kappa shape index (κ2) is 6.33. The first kappa shape index (κ1) is 17.3. The van der Waals surface area contributed by atoms with E-state index in [2.05, 4.69) is 5.32 Å². The number of benzene rings is 1. The Balaban J connectivity index is 2.71. The number of sulfone groups is 1. The first-order valence-electron chi connectivity index (χ1n) is 5.93. The molecule has 0 spiro atoms. The highest BCUT2D eigenvalue weighted by molar-refractivity contribution is 7.90. The highest BCUT2D eigenvalue weighted by atomic mass is 32.2. The number of carbonyl (C=O) groups is 1. The van der Waals surface area contributed by atoms with Gasteiger partial charge in [-0.2, -0.15) is 13.2 Å². The molecule has 0 aliphatic carbocycles. The predicted molar refractivity (Wildman–Crippen MR) is 72.5 cm³/mol. The van der Waals surface area contributed by atoms with Gasteiger partial charge in [0.2, 0.25) is 0 Å². The fourth-order valence-corrected chi connectivity index (χ4v) is 2.25. The third-order valence-corrected chi connectivity index (χ3v) is 3.63. The summed E-state index contributed by atoms with van der Waals surface area (Å²) in [4.78, 5) is 11.7. The fraction of sp³-hybridized carbons (Fsp3) is 0.417. The normalized spacial score (nSPS) is 12.2. The van der Waals surface area contributed by atoms with Crippen molar-refractivity contribution in [2.24, 2.45) is 0 Å². The lowest BCUT2D eigenvalue weighted by Gasteiger charge is -2.12. The van der Waals surface area contributed by atoms with Crippen molar-refractivity contribution < 1.29 is 26.4 Å². The predicted octanol–water partition coefficient (Wildman–Crippen LogP) is 1.45. The summed E-state index contributed by atoms with van der Waals surface area (Å²) in [5, 5.41) is 2.36. The molecule has 118 valence electrons. The standard InChI is InChI=1S/C12H15F3N2O3S/c1-21(19,20)6-2-5-17-11(18)8-3-4-10(16)9(7-8)12(13,14)15/h3-4,7H,2,5-6,16H2,1H3,(H,17,18). The lowest BCUT2D eigenvalue weighted by atomic mass is 10.1. The van der Waals surface area contributed by atoms with Crippen LogP contribution in [0.4, 0.5) is 18.9 Å². The number of carbonyl (C=O) groups excluding carboxylic acids is 1. The van der Waals surface area contributed by atoms with Gasteiger partial charge in [0.15, 0.2) is 0 Å². The molecule has 1 aromatic rings. The Morgan fingerprint density at radius 3 is 2.48 bits per heavy atom. The van der Waals surface area contributed by atoms with E-state index in [1.807, 2.05) is 0 Å². The van der Waals surface area contributed by atoms with Crippen LogP contribution in [0.5, 0.6) is 0 Å². The van der Waals surface area contributed by atoms with Gasteiger partial charge in [-0.15, -0.1) is 0 Å². The summed E-state index contributed by atoms with van der Waals surface area (Å²) in [6, 6.07) is 2.85. The zero-order chi connectivity index (χ0) is 16.3. The maximum atomic E-state index is 12.7. The van der Waals surface area contributed by atoms with Crippen LogP contribution >= 0.6 is 0 Å². The number of nitrogen functional groups attached to an aromatic ring is 1. The van der Waals surface area contributed by atoms with E-state index in [9.17, 15) is 26.4 Å². The summed E-state index contributed by atoms with van der Waals surface area (Å²) in [7, 11) is -3.13. The number of halogens is 3. The molecule has 1 amide bonds. The van der Waals surface area contributed by atoms with Gasteiger partial charge in [0.25, 0.3) is 5.91 Å². The first-order valence-corrected chi connectivity index (χ1v) is 7.99. The SMILES string of the molecule is CS(=O)(=O)CCCNC(=O)c1ccc(N)c(C(F)(F)F)c1. The van der Waals surface area contributed by atoms with E-state index in [0.717, 1.165) is 12.3 Å². The topological polar surface area (TPSA) is 89.3 Å². The molecule has 0 aliphatic heterocycles. The van der Waals surface area contributed by atoms with Crippen molar-refractivity contribution in [3.05, 3.63) is 29.3 Å². The molecule has 0 bridgehead atoms. The molecule has 0 aliphatic rings. The van der Waals surface area contributed by atoms with Gasteiger partial charge in [-0.25, -0.2) is 8.42 Å². The van der Waals surface area contributed by atoms with E-state index in [4.69, 9.17) is 5.73 Å².